The Bertz CT molecular complexity index is 637. The Morgan fingerprint density at radius 2 is 2.05 bits per heavy atom. The third-order valence-electron chi connectivity index (χ3n) is 3.07. The monoisotopic (exact) mass is 255 g/mol. The number of carbonyl (C=O) groups excluding carboxylic acids is 1. The second-order valence-electron chi connectivity index (χ2n) is 4.24. The molecule has 19 heavy (non-hydrogen) atoms. The molecule has 4 heteroatoms. The molecule has 2 aromatic carbocycles. The number of anilines is 1. The van der Waals surface area contributed by atoms with Crippen molar-refractivity contribution < 1.29 is 14.3 Å². The number of rotatable bonds is 1. The van der Waals surface area contributed by atoms with Crippen LogP contribution in [-0.4, -0.2) is 13.1 Å². The van der Waals surface area contributed by atoms with Gasteiger partial charge in [-0.3, -0.25) is 0 Å². The largest absolute Gasteiger partial charge is 0.465 e. The van der Waals surface area contributed by atoms with Crippen molar-refractivity contribution in [3.05, 3.63) is 53.6 Å². The molecule has 0 aliphatic carbocycles. The van der Waals surface area contributed by atoms with Crippen LogP contribution >= 0.6 is 0 Å². The zero-order valence-corrected chi connectivity index (χ0v) is 10.5. The van der Waals surface area contributed by atoms with Gasteiger partial charge in [0, 0.05) is 12.1 Å². The maximum Gasteiger partial charge on any atom is 0.341 e. The molecular formula is C15H13NO3. The van der Waals surface area contributed by atoms with Gasteiger partial charge < -0.3 is 14.8 Å². The van der Waals surface area contributed by atoms with Crippen molar-refractivity contribution in [3.8, 4) is 11.5 Å². The van der Waals surface area contributed by atoms with E-state index in [4.69, 9.17) is 9.47 Å². The molecular weight excluding hydrogens is 242 g/mol. The molecule has 0 saturated carbocycles. The molecule has 1 heterocycles. The molecule has 0 unspecified atom stereocenters. The summed E-state index contributed by atoms with van der Waals surface area (Å²) >= 11 is 0. The molecule has 4 nitrogen and oxygen atoms in total. The SMILES string of the molecule is COC(=O)c1cccc2c1Oc1ccccc1NC2. The molecule has 0 radical (unpaired) electrons. The molecule has 0 fully saturated rings. The van der Waals surface area contributed by atoms with Crippen LogP contribution in [0.3, 0.4) is 0 Å². The predicted octanol–water partition coefficient (Wildman–Crippen LogP) is 3.19. The highest BCUT2D eigenvalue weighted by molar-refractivity contribution is 5.93. The minimum absolute atomic E-state index is 0.392. The van der Waals surface area contributed by atoms with Gasteiger partial charge in [-0.1, -0.05) is 24.3 Å². The molecule has 0 bridgehead atoms. The minimum atomic E-state index is -0.392. The second-order valence-corrected chi connectivity index (χ2v) is 4.24. The van der Waals surface area contributed by atoms with Gasteiger partial charge >= 0.3 is 5.97 Å². The van der Waals surface area contributed by atoms with E-state index in [1.165, 1.54) is 7.11 Å². The summed E-state index contributed by atoms with van der Waals surface area (Å²) in [6, 6.07) is 13.1. The Morgan fingerprint density at radius 3 is 2.89 bits per heavy atom. The molecule has 0 spiro atoms. The van der Waals surface area contributed by atoms with Crippen molar-refractivity contribution in [3.63, 3.8) is 0 Å². The lowest BCUT2D eigenvalue weighted by molar-refractivity contribution is 0.0598. The number of benzene rings is 2. The Morgan fingerprint density at radius 1 is 1.21 bits per heavy atom. The lowest BCUT2D eigenvalue weighted by atomic mass is 10.1. The van der Waals surface area contributed by atoms with Crippen LogP contribution in [0.15, 0.2) is 42.5 Å². The summed E-state index contributed by atoms with van der Waals surface area (Å²) in [7, 11) is 1.37. The van der Waals surface area contributed by atoms with Crippen molar-refractivity contribution in [2.24, 2.45) is 0 Å². The summed E-state index contributed by atoms with van der Waals surface area (Å²) in [6.07, 6.45) is 0. The summed E-state index contributed by atoms with van der Waals surface area (Å²) in [5.74, 6) is 0.876. The van der Waals surface area contributed by atoms with Crippen LogP contribution in [0.2, 0.25) is 0 Å². The van der Waals surface area contributed by atoms with E-state index in [1.807, 2.05) is 36.4 Å². The standard InChI is InChI=1S/C15H13NO3/c1-18-15(17)11-6-4-5-10-9-16-12-7-2-3-8-13(12)19-14(10)11/h2-8,16H,9H2,1H3. The molecule has 0 amide bonds. The van der Waals surface area contributed by atoms with E-state index in [-0.39, 0.29) is 0 Å². The van der Waals surface area contributed by atoms with Crippen LogP contribution in [0.1, 0.15) is 15.9 Å². The van der Waals surface area contributed by atoms with Gasteiger partial charge in [0.1, 0.15) is 11.3 Å². The lowest BCUT2D eigenvalue weighted by Gasteiger charge is -2.11. The van der Waals surface area contributed by atoms with E-state index in [2.05, 4.69) is 5.32 Å². The van der Waals surface area contributed by atoms with Crippen LogP contribution in [0, 0.1) is 0 Å². The first-order valence-corrected chi connectivity index (χ1v) is 6.00. The van der Waals surface area contributed by atoms with Crippen molar-refractivity contribution in [1.29, 1.82) is 0 Å². The molecule has 0 saturated heterocycles. The van der Waals surface area contributed by atoms with E-state index >= 15 is 0 Å². The van der Waals surface area contributed by atoms with Gasteiger partial charge in [0.25, 0.3) is 0 Å². The van der Waals surface area contributed by atoms with Crippen LogP contribution in [0.25, 0.3) is 0 Å². The number of esters is 1. The van der Waals surface area contributed by atoms with E-state index in [0.29, 0.717) is 23.6 Å². The van der Waals surface area contributed by atoms with Crippen molar-refractivity contribution in [1.82, 2.24) is 0 Å². The summed E-state index contributed by atoms with van der Waals surface area (Å²) in [4.78, 5) is 11.8. The van der Waals surface area contributed by atoms with Crippen LogP contribution in [0.4, 0.5) is 5.69 Å². The average Bonchev–Trinajstić information content (AvgIpc) is 2.65. The second kappa shape index (κ2) is 4.65. The van der Waals surface area contributed by atoms with E-state index in [9.17, 15) is 4.79 Å². The predicted molar refractivity (Wildman–Crippen MR) is 71.6 cm³/mol. The third kappa shape index (κ3) is 2.01. The van der Waals surface area contributed by atoms with Gasteiger partial charge in [0.05, 0.1) is 12.8 Å². The zero-order valence-electron chi connectivity index (χ0n) is 10.5. The quantitative estimate of drug-likeness (QED) is 0.795. The van der Waals surface area contributed by atoms with Gasteiger partial charge in [-0.15, -0.1) is 0 Å². The number of hydrogen-bond acceptors (Lipinski definition) is 4. The van der Waals surface area contributed by atoms with Crippen LogP contribution in [-0.2, 0) is 11.3 Å². The van der Waals surface area contributed by atoms with Crippen molar-refractivity contribution >= 4 is 11.7 Å². The van der Waals surface area contributed by atoms with Crippen LogP contribution < -0.4 is 10.1 Å². The van der Waals surface area contributed by atoms with E-state index < -0.39 is 5.97 Å². The first kappa shape index (κ1) is 11.6. The normalized spacial score (nSPS) is 12.3. The maximum absolute atomic E-state index is 11.8. The highest BCUT2D eigenvalue weighted by Gasteiger charge is 2.20. The summed E-state index contributed by atoms with van der Waals surface area (Å²) < 4.78 is 10.7. The Kier molecular flexibility index (Phi) is 2.83. The number of nitrogens with one attached hydrogen (secondary N) is 1. The fraction of sp³-hybridized carbons (Fsp3) is 0.133. The van der Waals surface area contributed by atoms with Gasteiger partial charge in [-0.2, -0.15) is 0 Å². The molecule has 1 aliphatic heterocycles. The number of ether oxygens (including phenoxy) is 2. The Balaban J connectivity index is 2.12. The number of carbonyl (C=O) groups is 1. The molecule has 1 aliphatic rings. The molecule has 96 valence electrons. The Hall–Kier alpha value is -2.49. The summed E-state index contributed by atoms with van der Waals surface area (Å²) in [5.41, 5.74) is 2.28. The number of hydrogen-bond donors (Lipinski definition) is 1. The first-order chi connectivity index (χ1) is 9.29. The van der Waals surface area contributed by atoms with Crippen LogP contribution in [0.5, 0.6) is 11.5 Å². The molecule has 2 aromatic rings. The summed E-state index contributed by atoms with van der Waals surface area (Å²) in [6.45, 7) is 0.608. The smallest absolute Gasteiger partial charge is 0.341 e. The minimum Gasteiger partial charge on any atom is -0.465 e. The molecule has 0 aromatic heterocycles. The maximum atomic E-state index is 11.8. The number of methoxy groups -OCH3 is 1. The summed E-state index contributed by atoms with van der Waals surface area (Å²) in [5, 5.41) is 3.29. The van der Waals surface area contributed by atoms with Gasteiger partial charge in [-0.05, 0) is 18.2 Å². The van der Waals surface area contributed by atoms with Gasteiger partial charge in [-0.25, -0.2) is 4.79 Å². The lowest BCUT2D eigenvalue weighted by Crippen LogP contribution is -2.05. The first-order valence-electron chi connectivity index (χ1n) is 6.00. The number of para-hydroxylation sites is 3. The van der Waals surface area contributed by atoms with Crippen molar-refractivity contribution in [2.75, 3.05) is 12.4 Å². The van der Waals surface area contributed by atoms with Gasteiger partial charge in [0.2, 0.25) is 0 Å². The number of fused-ring (bicyclic) bond motifs is 2. The fourth-order valence-corrected chi connectivity index (χ4v) is 2.12. The van der Waals surface area contributed by atoms with Gasteiger partial charge in [0.15, 0.2) is 5.75 Å². The molecule has 1 N–H and O–H groups in total. The van der Waals surface area contributed by atoms with Crippen molar-refractivity contribution in [2.45, 2.75) is 6.54 Å². The Labute approximate surface area is 111 Å². The third-order valence-corrected chi connectivity index (χ3v) is 3.07. The highest BCUT2D eigenvalue weighted by Crippen LogP contribution is 2.37. The zero-order chi connectivity index (χ0) is 13.2. The molecule has 0 atom stereocenters. The fourth-order valence-electron chi connectivity index (χ4n) is 2.12. The average molecular weight is 255 g/mol. The van der Waals surface area contributed by atoms with E-state index in [0.717, 1.165) is 11.3 Å². The highest BCUT2D eigenvalue weighted by atomic mass is 16.5. The topological polar surface area (TPSA) is 47.6 Å². The molecule has 3 rings (SSSR count). The van der Waals surface area contributed by atoms with E-state index in [1.54, 1.807) is 6.07 Å².